The van der Waals surface area contributed by atoms with Gasteiger partial charge in [-0.2, -0.15) is 0 Å². The lowest BCUT2D eigenvalue weighted by atomic mass is 10.2. The van der Waals surface area contributed by atoms with Gasteiger partial charge in [0.2, 0.25) is 5.91 Å². The number of carbonyl (C=O) groups excluding carboxylic acids is 2. The van der Waals surface area contributed by atoms with Crippen molar-refractivity contribution < 1.29 is 14.3 Å². The predicted octanol–water partition coefficient (Wildman–Crippen LogP) is 3.94. The topological polar surface area (TPSA) is 61.9 Å². The molecule has 1 atom stereocenters. The van der Waals surface area contributed by atoms with Gasteiger partial charge >= 0.3 is 6.09 Å². The summed E-state index contributed by atoms with van der Waals surface area (Å²) in [5.74, 6) is -0.0457. The van der Waals surface area contributed by atoms with Crippen LogP contribution in [0.5, 0.6) is 0 Å². The van der Waals surface area contributed by atoms with Crippen LogP contribution in [0, 0.1) is 0 Å². The van der Waals surface area contributed by atoms with Crippen molar-refractivity contribution in [2.75, 3.05) is 38.1 Å². The average Bonchev–Trinajstić information content (AvgIpc) is 2.75. The Morgan fingerprint density at radius 2 is 1.69 bits per heavy atom. The number of hydrogen-bond acceptors (Lipinski definition) is 5. The van der Waals surface area contributed by atoms with E-state index in [9.17, 15) is 9.59 Å². The smallest absolute Gasteiger partial charge is 0.409 e. The van der Waals surface area contributed by atoms with E-state index in [4.69, 9.17) is 4.74 Å². The van der Waals surface area contributed by atoms with Crippen LogP contribution in [0.4, 0.5) is 10.5 Å². The summed E-state index contributed by atoms with van der Waals surface area (Å²) in [6, 6.07) is 17.6. The van der Waals surface area contributed by atoms with Crippen LogP contribution in [0.15, 0.2) is 64.4 Å². The van der Waals surface area contributed by atoms with E-state index in [0.717, 1.165) is 15.5 Å². The highest BCUT2D eigenvalue weighted by Gasteiger charge is 2.28. The van der Waals surface area contributed by atoms with Gasteiger partial charge < -0.3 is 15.0 Å². The number of carbonyl (C=O) groups is 2. The van der Waals surface area contributed by atoms with Crippen LogP contribution in [0.1, 0.15) is 13.8 Å². The monoisotopic (exact) mass is 413 g/mol. The maximum absolute atomic E-state index is 12.9. The first-order chi connectivity index (χ1) is 14.1. The number of hydrogen-bond donors (Lipinski definition) is 1. The molecule has 2 aromatic rings. The second kappa shape index (κ2) is 10.3. The minimum atomic E-state index is -0.283. The number of amides is 2. The van der Waals surface area contributed by atoms with Crippen molar-refractivity contribution in [2.24, 2.45) is 0 Å². The molecule has 0 aromatic heterocycles. The fourth-order valence-corrected chi connectivity index (χ4v) is 4.11. The van der Waals surface area contributed by atoms with Crippen molar-refractivity contribution in [1.29, 1.82) is 0 Å². The van der Waals surface area contributed by atoms with Gasteiger partial charge in [-0.05, 0) is 38.1 Å². The second-order valence-electron chi connectivity index (χ2n) is 6.80. The van der Waals surface area contributed by atoms with Gasteiger partial charge in [0.05, 0.1) is 18.3 Å². The molecule has 1 fully saturated rings. The number of ether oxygens (including phenoxy) is 1. The summed E-state index contributed by atoms with van der Waals surface area (Å²) >= 11 is 1.63. The Kier molecular flexibility index (Phi) is 7.55. The van der Waals surface area contributed by atoms with Gasteiger partial charge in [0.15, 0.2) is 0 Å². The Balaban J connectivity index is 1.59. The van der Waals surface area contributed by atoms with E-state index in [1.165, 1.54) is 0 Å². The molecule has 0 aliphatic carbocycles. The Morgan fingerprint density at radius 3 is 2.38 bits per heavy atom. The zero-order valence-electron chi connectivity index (χ0n) is 16.8. The molecule has 1 N–H and O–H groups in total. The summed E-state index contributed by atoms with van der Waals surface area (Å²) < 4.78 is 5.05. The number of para-hydroxylation sites is 1. The van der Waals surface area contributed by atoms with Crippen LogP contribution in [0.2, 0.25) is 0 Å². The molecule has 3 rings (SSSR count). The van der Waals surface area contributed by atoms with Gasteiger partial charge in [0.1, 0.15) is 0 Å². The minimum Gasteiger partial charge on any atom is -0.450 e. The third-order valence-electron chi connectivity index (χ3n) is 4.88. The first kappa shape index (κ1) is 21.2. The molecule has 1 aliphatic rings. The van der Waals surface area contributed by atoms with Crippen molar-refractivity contribution in [2.45, 2.75) is 29.7 Å². The molecule has 1 saturated heterocycles. The van der Waals surface area contributed by atoms with E-state index in [1.54, 1.807) is 23.6 Å². The van der Waals surface area contributed by atoms with Crippen molar-refractivity contribution >= 4 is 29.4 Å². The van der Waals surface area contributed by atoms with Gasteiger partial charge in [-0.25, -0.2) is 4.79 Å². The standard InChI is InChI=1S/C22H27N3O3S/c1-3-28-22(27)25-15-13-24(14-16-25)17(2)21(26)23-19-11-7-8-12-20(19)29-18-9-5-4-6-10-18/h4-12,17H,3,13-16H2,1-2H3,(H,23,26)/t17-/m1/s1. The van der Waals surface area contributed by atoms with Gasteiger partial charge in [-0.3, -0.25) is 9.69 Å². The molecule has 1 heterocycles. The number of nitrogens with zero attached hydrogens (tertiary/aromatic N) is 2. The summed E-state index contributed by atoms with van der Waals surface area (Å²) in [5, 5.41) is 3.08. The molecule has 154 valence electrons. The van der Waals surface area contributed by atoms with E-state index in [1.807, 2.05) is 49.4 Å². The summed E-state index contributed by atoms with van der Waals surface area (Å²) in [6.45, 7) is 6.50. The third-order valence-corrected chi connectivity index (χ3v) is 5.97. The Bertz CT molecular complexity index is 823. The molecule has 0 spiro atoms. The Morgan fingerprint density at radius 1 is 1.03 bits per heavy atom. The lowest BCUT2D eigenvalue weighted by molar-refractivity contribution is -0.121. The normalized spacial score (nSPS) is 15.6. The maximum atomic E-state index is 12.9. The molecule has 0 unspecified atom stereocenters. The van der Waals surface area contributed by atoms with Gasteiger partial charge in [0, 0.05) is 36.0 Å². The van der Waals surface area contributed by atoms with Crippen LogP contribution < -0.4 is 5.32 Å². The number of anilines is 1. The number of benzene rings is 2. The summed E-state index contributed by atoms with van der Waals surface area (Å²) in [4.78, 5) is 30.6. The molecule has 2 amide bonds. The lowest BCUT2D eigenvalue weighted by Gasteiger charge is -2.36. The molecule has 2 aromatic carbocycles. The number of rotatable bonds is 6. The van der Waals surface area contributed by atoms with E-state index in [2.05, 4.69) is 22.3 Å². The van der Waals surface area contributed by atoms with Gasteiger partial charge in [-0.1, -0.05) is 42.1 Å². The van der Waals surface area contributed by atoms with Crippen molar-refractivity contribution in [1.82, 2.24) is 9.80 Å². The summed E-state index contributed by atoms with van der Waals surface area (Å²) in [5.41, 5.74) is 0.809. The highest BCUT2D eigenvalue weighted by molar-refractivity contribution is 7.99. The van der Waals surface area contributed by atoms with Crippen LogP contribution in [-0.2, 0) is 9.53 Å². The largest absolute Gasteiger partial charge is 0.450 e. The van der Waals surface area contributed by atoms with Gasteiger partial charge in [-0.15, -0.1) is 0 Å². The molecule has 29 heavy (non-hydrogen) atoms. The van der Waals surface area contributed by atoms with Crippen LogP contribution in [-0.4, -0.2) is 60.6 Å². The van der Waals surface area contributed by atoms with E-state index in [-0.39, 0.29) is 18.0 Å². The van der Waals surface area contributed by atoms with Crippen molar-refractivity contribution in [3.05, 3.63) is 54.6 Å². The molecule has 6 nitrogen and oxygen atoms in total. The highest BCUT2D eigenvalue weighted by atomic mass is 32.2. The first-order valence-corrected chi connectivity index (χ1v) is 10.7. The lowest BCUT2D eigenvalue weighted by Crippen LogP contribution is -2.54. The minimum absolute atomic E-state index is 0.0457. The van der Waals surface area contributed by atoms with Crippen LogP contribution >= 0.6 is 11.8 Å². The summed E-state index contributed by atoms with van der Waals surface area (Å²) in [6.07, 6.45) is -0.281. The third kappa shape index (κ3) is 5.74. The molecule has 0 bridgehead atoms. The molecule has 0 radical (unpaired) electrons. The average molecular weight is 414 g/mol. The fourth-order valence-electron chi connectivity index (χ4n) is 3.18. The van der Waals surface area contributed by atoms with Crippen LogP contribution in [0.25, 0.3) is 0 Å². The molecule has 0 saturated carbocycles. The Labute approximate surface area is 176 Å². The van der Waals surface area contributed by atoms with Gasteiger partial charge in [0.25, 0.3) is 0 Å². The molecular weight excluding hydrogens is 386 g/mol. The quantitative estimate of drug-likeness (QED) is 0.777. The number of piperazine rings is 1. The van der Waals surface area contributed by atoms with E-state index >= 15 is 0 Å². The maximum Gasteiger partial charge on any atom is 0.409 e. The first-order valence-electron chi connectivity index (χ1n) is 9.87. The predicted molar refractivity (Wildman–Crippen MR) is 115 cm³/mol. The van der Waals surface area contributed by atoms with E-state index in [0.29, 0.717) is 32.8 Å². The van der Waals surface area contributed by atoms with Crippen LogP contribution in [0.3, 0.4) is 0 Å². The molecular formula is C22H27N3O3S. The highest BCUT2D eigenvalue weighted by Crippen LogP contribution is 2.33. The summed E-state index contributed by atoms with van der Waals surface area (Å²) in [7, 11) is 0. The SMILES string of the molecule is CCOC(=O)N1CCN([C@H](C)C(=O)Nc2ccccc2Sc2ccccc2)CC1. The van der Waals surface area contributed by atoms with E-state index < -0.39 is 0 Å². The zero-order valence-corrected chi connectivity index (χ0v) is 17.7. The molecule has 7 heteroatoms. The number of nitrogens with one attached hydrogen (secondary N) is 1. The van der Waals surface area contributed by atoms with Crippen molar-refractivity contribution in [3.63, 3.8) is 0 Å². The zero-order chi connectivity index (χ0) is 20.6. The van der Waals surface area contributed by atoms with Crippen molar-refractivity contribution in [3.8, 4) is 0 Å². The molecule has 1 aliphatic heterocycles. The Hall–Kier alpha value is -2.51. The second-order valence-corrected chi connectivity index (χ2v) is 7.91. The fraction of sp³-hybridized carbons (Fsp3) is 0.364.